The molecule has 2 rings (SSSR count). The highest BCUT2D eigenvalue weighted by Crippen LogP contribution is 2.29. The lowest BCUT2D eigenvalue weighted by Crippen LogP contribution is -2.50. The van der Waals surface area contributed by atoms with E-state index in [1.165, 1.54) is 44.9 Å². The molecule has 0 bridgehead atoms. The van der Waals surface area contributed by atoms with Crippen molar-refractivity contribution in [3.05, 3.63) is 0 Å². The van der Waals surface area contributed by atoms with Gasteiger partial charge in [-0.3, -0.25) is 0 Å². The second-order valence-electron chi connectivity index (χ2n) is 5.38. The van der Waals surface area contributed by atoms with Crippen LogP contribution in [0.25, 0.3) is 0 Å². The maximum Gasteiger partial charge on any atom is 0.0601 e. The molecule has 2 saturated carbocycles. The summed E-state index contributed by atoms with van der Waals surface area (Å²) in [5.74, 6) is 0.931. The number of ether oxygens (including phenoxy) is 1. The second kappa shape index (κ2) is 5.31. The van der Waals surface area contributed by atoms with E-state index >= 15 is 0 Å². The predicted molar refractivity (Wildman–Crippen MR) is 63.0 cm³/mol. The molecule has 0 aliphatic heterocycles. The van der Waals surface area contributed by atoms with E-state index in [9.17, 15) is 0 Å². The highest BCUT2D eigenvalue weighted by Gasteiger charge is 2.31. The van der Waals surface area contributed by atoms with Crippen molar-refractivity contribution in [3.63, 3.8) is 0 Å². The van der Waals surface area contributed by atoms with Crippen molar-refractivity contribution in [2.24, 2.45) is 5.92 Å². The second-order valence-corrected chi connectivity index (χ2v) is 5.38. The zero-order valence-electron chi connectivity index (χ0n) is 10.2. The molecule has 2 fully saturated rings. The summed E-state index contributed by atoms with van der Waals surface area (Å²) in [6.45, 7) is 2.37. The topological polar surface area (TPSA) is 21.3 Å². The summed E-state index contributed by atoms with van der Waals surface area (Å²) in [5.41, 5.74) is 0. The predicted octanol–water partition coefficient (Wildman–Crippen LogP) is 2.72. The maximum atomic E-state index is 5.30. The Morgan fingerprint density at radius 3 is 2.40 bits per heavy atom. The molecule has 2 aliphatic carbocycles. The molecule has 15 heavy (non-hydrogen) atoms. The van der Waals surface area contributed by atoms with Crippen LogP contribution in [0.4, 0.5) is 0 Å². The van der Waals surface area contributed by atoms with Crippen molar-refractivity contribution in [2.45, 2.75) is 70.1 Å². The first kappa shape index (κ1) is 11.4. The molecule has 2 nitrogen and oxygen atoms in total. The Hall–Kier alpha value is -0.0800. The van der Waals surface area contributed by atoms with Crippen LogP contribution in [0.1, 0.15) is 51.9 Å². The van der Waals surface area contributed by atoms with Crippen LogP contribution in [-0.2, 0) is 4.74 Å². The van der Waals surface area contributed by atoms with Gasteiger partial charge >= 0.3 is 0 Å². The van der Waals surface area contributed by atoms with E-state index in [0.29, 0.717) is 12.1 Å². The monoisotopic (exact) mass is 211 g/mol. The third kappa shape index (κ3) is 2.94. The summed E-state index contributed by atoms with van der Waals surface area (Å²) in [5, 5.41) is 3.77. The van der Waals surface area contributed by atoms with Crippen LogP contribution in [0.15, 0.2) is 0 Å². The number of hydrogen-bond acceptors (Lipinski definition) is 2. The van der Waals surface area contributed by atoms with E-state index < -0.39 is 0 Å². The molecule has 0 aromatic heterocycles. The fraction of sp³-hybridized carbons (Fsp3) is 1.00. The zero-order chi connectivity index (χ0) is 10.7. The summed E-state index contributed by atoms with van der Waals surface area (Å²) < 4.78 is 5.30. The Bertz CT molecular complexity index is 183. The van der Waals surface area contributed by atoms with Crippen molar-refractivity contribution >= 4 is 0 Å². The van der Waals surface area contributed by atoms with Gasteiger partial charge < -0.3 is 10.1 Å². The summed E-state index contributed by atoms with van der Waals surface area (Å²) >= 11 is 0. The zero-order valence-corrected chi connectivity index (χ0v) is 10.2. The van der Waals surface area contributed by atoms with Crippen LogP contribution in [0, 0.1) is 5.92 Å². The Balaban J connectivity index is 1.66. The molecule has 0 aromatic rings. The molecule has 1 N–H and O–H groups in total. The Kier molecular flexibility index (Phi) is 4.04. The summed E-state index contributed by atoms with van der Waals surface area (Å²) in [6.07, 6.45) is 10.2. The number of hydrogen-bond donors (Lipinski definition) is 1. The molecule has 1 atom stereocenters. The first-order valence-electron chi connectivity index (χ1n) is 6.58. The molecule has 0 saturated heterocycles. The Morgan fingerprint density at radius 1 is 1.13 bits per heavy atom. The van der Waals surface area contributed by atoms with Gasteiger partial charge in [0, 0.05) is 19.2 Å². The number of rotatable bonds is 4. The SMILES string of the molecule is COC1CC(N[C@@H](C)C2CCCCC2)C1. The molecular weight excluding hydrogens is 186 g/mol. The summed E-state index contributed by atoms with van der Waals surface area (Å²) in [7, 11) is 1.82. The van der Waals surface area contributed by atoms with Crippen LogP contribution in [0.3, 0.4) is 0 Å². The normalized spacial score (nSPS) is 34.8. The third-order valence-corrected chi connectivity index (χ3v) is 4.28. The average Bonchev–Trinajstić information content (AvgIpc) is 2.23. The van der Waals surface area contributed by atoms with Crippen molar-refractivity contribution in [1.29, 1.82) is 0 Å². The smallest absolute Gasteiger partial charge is 0.0601 e. The quantitative estimate of drug-likeness (QED) is 0.772. The van der Waals surface area contributed by atoms with E-state index in [1.807, 2.05) is 7.11 Å². The lowest BCUT2D eigenvalue weighted by atomic mass is 9.82. The fourth-order valence-electron chi connectivity index (χ4n) is 3.04. The number of nitrogens with one attached hydrogen (secondary N) is 1. The highest BCUT2D eigenvalue weighted by molar-refractivity contribution is 4.89. The van der Waals surface area contributed by atoms with Crippen LogP contribution >= 0.6 is 0 Å². The first-order valence-corrected chi connectivity index (χ1v) is 6.58. The lowest BCUT2D eigenvalue weighted by Gasteiger charge is -2.39. The molecule has 0 unspecified atom stereocenters. The third-order valence-electron chi connectivity index (χ3n) is 4.28. The van der Waals surface area contributed by atoms with Gasteiger partial charge in [-0.15, -0.1) is 0 Å². The molecule has 2 heteroatoms. The standard InChI is InChI=1S/C13H25NO/c1-10(11-6-4-3-5-7-11)14-12-8-13(9-12)15-2/h10-14H,3-9H2,1-2H3/t10-,12?,13?/m0/s1. The Morgan fingerprint density at radius 2 is 1.80 bits per heavy atom. The van der Waals surface area contributed by atoms with Gasteiger partial charge in [-0.05, 0) is 38.5 Å². The largest absolute Gasteiger partial charge is 0.381 e. The van der Waals surface area contributed by atoms with Crippen LogP contribution in [0.5, 0.6) is 0 Å². The van der Waals surface area contributed by atoms with E-state index in [4.69, 9.17) is 4.74 Å². The summed E-state index contributed by atoms with van der Waals surface area (Å²) in [4.78, 5) is 0. The van der Waals surface area contributed by atoms with Crippen LogP contribution in [-0.4, -0.2) is 25.3 Å². The fourth-order valence-corrected chi connectivity index (χ4v) is 3.04. The lowest BCUT2D eigenvalue weighted by molar-refractivity contribution is 0.0118. The van der Waals surface area contributed by atoms with Gasteiger partial charge in [-0.25, -0.2) is 0 Å². The van der Waals surface area contributed by atoms with E-state index in [1.54, 1.807) is 0 Å². The van der Waals surface area contributed by atoms with Gasteiger partial charge in [-0.1, -0.05) is 19.3 Å². The molecular formula is C13H25NO. The highest BCUT2D eigenvalue weighted by atomic mass is 16.5. The molecule has 88 valence electrons. The molecule has 0 amide bonds. The number of methoxy groups -OCH3 is 1. The van der Waals surface area contributed by atoms with Gasteiger partial charge in [0.2, 0.25) is 0 Å². The van der Waals surface area contributed by atoms with Gasteiger partial charge in [0.25, 0.3) is 0 Å². The minimum Gasteiger partial charge on any atom is -0.381 e. The first-order chi connectivity index (χ1) is 7.29. The molecule has 0 radical (unpaired) electrons. The van der Waals surface area contributed by atoms with Crippen molar-refractivity contribution < 1.29 is 4.74 Å². The van der Waals surface area contributed by atoms with Gasteiger partial charge in [0.1, 0.15) is 0 Å². The maximum absolute atomic E-state index is 5.30. The van der Waals surface area contributed by atoms with Crippen LogP contribution in [0.2, 0.25) is 0 Å². The minimum absolute atomic E-state index is 0.529. The van der Waals surface area contributed by atoms with Gasteiger partial charge in [0.05, 0.1) is 6.10 Å². The van der Waals surface area contributed by atoms with Crippen molar-refractivity contribution in [3.8, 4) is 0 Å². The van der Waals surface area contributed by atoms with E-state index in [0.717, 1.165) is 12.0 Å². The minimum atomic E-state index is 0.529. The molecule has 2 aliphatic rings. The molecule has 0 heterocycles. The van der Waals surface area contributed by atoms with Gasteiger partial charge in [0.15, 0.2) is 0 Å². The molecule has 0 aromatic carbocycles. The van der Waals surface area contributed by atoms with E-state index in [-0.39, 0.29) is 0 Å². The average molecular weight is 211 g/mol. The van der Waals surface area contributed by atoms with Crippen molar-refractivity contribution in [1.82, 2.24) is 5.32 Å². The summed E-state index contributed by atoms with van der Waals surface area (Å²) in [6, 6.07) is 1.44. The van der Waals surface area contributed by atoms with E-state index in [2.05, 4.69) is 12.2 Å². The van der Waals surface area contributed by atoms with Gasteiger partial charge in [-0.2, -0.15) is 0 Å². The van der Waals surface area contributed by atoms with Crippen molar-refractivity contribution in [2.75, 3.05) is 7.11 Å². The Labute approximate surface area is 93.8 Å². The molecule has 0 spiro atoms. The van der Waals surface area contributed by atoms with Crippen LogP contribution < -0.4 is 5.32 Å².